The first-order chi connectivity index (χ1) is 8.06. The van der Waals surface area contributed by atoms with Crippen molar-refractivity contribution in [3.8, 4) is 0 Å². The molecule has 0 aliphatic heterocycles. The standard InChI is InChI=1S/C13H18F3N/c1-3-8-17-9(2)4-5-10-6-7-11(14)13(16)12(10)15/h6-7,9,17H,3-5,8H2,1-2H3. The molecule has 1 aromatic carbocycles. The number of halogens is 3. The van der Waals surface area contributed by atoms with Crippen LogP contribution in [0.3, 0.4) is 0 Å². The highest BCUT2D eigenvalue weighted by molar-refractivity contribution is 5.20. The first-order valence-corrected chi connectivity index (χ1v) is 5.92. The summed E-state index contributed by atoms with van der Waals surface area (Å²) in [6, 6.07) is 2.51. The Morgan fingerprint density at radius 3 is 2.53 bits per heavy atom. The first kappa shape index (κ1) is 14.0. The van der Waals surface area contributed by atoms with Gasteiger partial charge in [-0.05, 0) is 44.4 Å². The number of hydrogen-bond donors (Lipinski definition) is 1. The molecule has 0 saturated heterocycles. The van der Waals surface area contributed by atoms with E-state index in [0.29, 0.717) is 12.8 Å². The maximum atomic E-state index is 13.3. The molecule has 17 heavy (non-hydrogen) atoms. The summed E-state index contributed by atoms with van der Waals surface area (Å²) in [5.74, 6) is -3.58. The Hall–Kier alpha value is -1.03. The van der Waals surface area contributed by atoms with Gasteiger partial charge in [0.15, 0.2) is 17.5 Å². The van der Waals surface area contributed by atoms with Crippen LogP contribution < -0.4 is 5.32 Å². The number of benzene rings is 1. The highest BCUT2D eigenvalue weighted by Gasteiger charge is 2.13. The van der Waals surface area contributed by atoms with Crippen molar-refractivity contribution in [2.24, 2.45) is 0 Å². The molecule has 0 bridgehead atoms. The maximum absolute atomic E-state index is 13.3. The zero-order valence-electron chi connectivity index (χ0n) is 10.2. The third-order valence-electron chi connectivity index (χ3n) is 2.70. The van der Waals surface area contributed by atoms with Crippen LogP contribution in [-0.4, -0.2) is 12.6 Å². The van der Waals surface area contributed by atoms with E-state index < -0.39 is 17.5 Å². The monoisotopic (exact) mass is 245 g/mol. The highest BCUT2D eigenvalue weighted by atomic mass is 19.2. The van der Waals surface area contributed by atoms with E-state index in [2.05, 4.69) is 12.2 Å². The lowest BCUT2D eigenvalue weighted by molar-refractivity contribution is 0.436. The van der Waals surface area contributed by atoms with Gasteiger partial charge in [-0.15, -0.1) is 0 Å². The second-order valence-electron chi connectivity index (χ2n) is 4.23. The third kappa shape index (κ3) is 4.04. The van der Waals surface area contributed by atoms with E-state index in [-0.39, 0.29) is 11.6 Å². The summed E-state index contributed by atoms with van der Waals surface area (Å²) in [5.41, 5.74) is 0.231. The fourth-order valence-electron chi connectivity index (χ4n) is 1.62. The number of nitrogens with one attached hydrogen (secondary N) is 1. The Morgan fingerprint density at radius 1 is 1.18 bits per heavy atom. The fraction of sp³-hybridized carbons (Fsp3) is 0.538. The summed E-state index contributed by atoms with van der Waals surface area (Å²) in [4.78, 5) is 0. The average Bonchev–Trinajstić information content (AvgIpc) is 2.32. The van der Waals surface area contributed by atoms with Crippen molar-refractivity contribution in [3.63, 3.8) is 0 Å². The Balaban J connectivity index is 2.55. The molecular formula is C13H18F3N. The van der Waals surface area contributed by atoms with Crippen molar-refractivity contribution >= 4 is 0 Å². The van der Waals surface area contributed by atoms with Crippen molar-refractivity contribution < 1.29 is 13.2 Å². The van der Waals surface area contributed by atoms with Crippen LogP contribution in [-0.2, 0) is 6.42 Å². The maximum Gasteiger partial charge on any atom is 0.194 e. The summed E-state index contributed by atoms with van der Waals surface area (Å²) in [5, 5.41) is 3.26. The van der Waals surface area contributed by atoms with Gasteiger partial charge in [-0.3, -0.25) is 0 Å². The summed E-state index contributed by atoms with van der Waals surface area (Å²) in [7, 11) is 0. The predicted octanol–water partition coefficient (Wildman–Crippen LogP) is 3.42. The molecule has 0 aromatic heterocycles. The van der Waals surface area contributed by atoms with Crippen molar-refractivity contribution in [1.82, 2.24) is 5.32 Å². The highest BCUT2D eigenvalue weighted by Crippen LogP contribution is 2.17. The molecular weight excluding hydrogens is 227 g/mol. The van der Waals surface area contributed by atoms with Gasteiger partial charge in [0.2, 0.25) is 0 Å². The SMILES string of the molecule is CCCNC(C)CCc1ccc(F)c(F)c1F. The van der Waals surface area contributed by atoms with E-state index >= 15 is 0 Å². The molecule has 1 nitrogen and oxygen atoms in total. The third-order valence-corrected chi connectivity index (χ3v) is 2.70. The minimum Gasteiger partial charge on any atom is -0.314 e. The van der Waals surface area contributed by atoms with Crippen molar-refractivity contribution in [3.05, 3.63) is 35.1 Å². The van der Waals surface area contributed by atoms with Crippen LogP contribution in [0.25, 0.3) is 0 Å². The lowest BCUT2D eigenvalue weighted by atomic mass is 10.1. The van der Waals surface area contributed by atoms with Gasteiger partial charge in [0.25, 0.3) is 0 Å². The zero-order chi connectivity index (χ0) is 12.8. The smallest absolute Gasteiger partial charge is 0.194 e. The summed E-state index contributed by atoms with van der Waals surface area (Å²) < 4.78 is 39.0. The van der Waals surface area contributed by atoms with Gasteiger partial charge in [0.1, 0.15) is 0 Å². The summed E-state index contributed by atoms with van der Waals surface area (Å²) in [6.45, 7) is 4.96. The van der Waals surface area contributed by atoms with Crippen LogP contribution in [0.1, 0.15) is 32.3 Å². The number of hydrogen-bond acceptors (Lipinski definition) is 1. The van der Waals surface area contributed by atoms with Gasteiger partial charge in [0.05, 0.1) is 0 Å². The molecule has 96 valence electrons. The molecule has 1 aromatic rings. The van der Waals surface area contributed by atoms with Gasteiger partial charge >= 0.3 is 0 Å². The van der Waals surface area contributed by atoms with Crippen LogP contribution in [0.4, 0.5) is 13.2 Å². The van der Waals surface area contributed by atoms with Crippen LogP contribution in [0.2, 0.25) is 0 Å². The van der Waals surface area contributed by atoms with Crippen LogP contribution in [0.5, 0.6) is 0 Å². The summed E-state index contributed by atoms with van der Waals surface area (Å²) >= 11 is 0. The normalized spacial score (nSPS) is 12.8. The second kappa shape index (κ2) is 6.64. The van der Waals surface area contributed by atoms with Gasteiger partial charge in [0, 0.05) is 6.04 Å². The van der Waals surface area contributed by atoms with E-state index in [9.17, 15) is 13.2 Å². The lowest BCUT2D eigenvalue weighted by Gasteiger charge is -2.13. The largest absolute Gasteiger partial charge is 0.314 e. The topological polar surface area (TPSA) is 12.0 Å². The molecule has 1 atom stereocenters. The molecule has 0 saturated carbocycles. The average molecular weight is 245 g/mol. The molecule has 0 fully saturated rings. The first-order valence-electron chi connectivity index (χ1n) is 5.92. The number of rotatable bonds is 6. The van der Waals surface area contributed by atoms with E-state index in [1.54, 1.807) is 0 Å². The van der Waals surface area contributed by atoms with Crippen molar-refractivity contribution in [2.75, 3.05) is 6.54 Å². The zero-order valence-corrected chi connectivity index (χ0v) is 10.2. The lowest BCUT2D eigenvalue weighted by Crippen LogP contribution is -2.27. The molecule has 0 amide bonds. The fourth-order valence-corrected chi connectivity index (χ4v) is 1.62. The Labute approximate surface area is 100 Å². The molecule has 0 aliphatic rings. The van der Waals surface area contributed by atoms with E-state index in [4.69, 9.17) is 0 Å². The second-order valence-corrected chi connectivity index (χ2v) is 4.23. The van der Waals surface area contributed by atoms with Crippen LogP contribution >= 0.6 is 0 Å². The molecule has 0 heterocycles. The van der Waals surface area contributed by atoms with Crippen LogP contribution in [0, 0.1) is 17.5 Å². The van der Waals surface area contributed by atoms with Gasteiger partial charge in [-0.2, -0.15) is 0 Å². The number of aryl methyl sites for hydroxylation is 1. The minimum absolute atomic E-state index is 0.231. The molecule has 0 spiro atoms. The summed E-state index contributed by atoms with van der Waals surface area (Å²) in [6.07, 6.45) is 2.13. The van der Waals surface area contributed by atoms with Gasteiger partial charge in [-0.25, -0.2) is 13.2 Å². The molecule has 1 N–H and O–H groups in total. The van der Waals surface area contributed by atoms with Crippen molar-refractivity contribution in [1.29, 1.82) is 0 Å². The Kier molecular flexibility index (Phi) is 5.48. The van der Waals surface area contributed by atoms with E-state index in [0.717, 1.165) is 19.0 Å². The molecule has 4 heteroatoms. The quantitative estimate of drug-likeness (QED) is 0.757. The van der Waals surface area contributed by atoms with Gasteiger partial charge in [-0.1, -0.05) is 13.0 Å². The Morgan fingerprint density at radius 2 is 1.88 bits per heavy atom. The van der Waals surface area contributed by atoms with Crippen LogP contribution in [0.15, 0.2) is 12.1 Å². The van der Waals surface area contributed by atoms with Gasteiger partial charge < -0.3 is 5.32 Å². The van der Waals surface area contributed by atoms with E-state index in [1.165, 1.54) is 6.07 Å². The molecule has 0 aliphatic carbocycles. The molecule has 1 rings (SSSR count). The van der Waals surface area contributed by atoms with Crippen molar-refractivity contribution in [2.45, 2.75) is 39.2 Å². The predicted molar refractivity (Wildman–Crippen MR) is 62.4 cm³/mol. The molecule has 0 radical (unpaired) electrons. The van der Waals surface area contributed by atoms with E-state index in [1.807, 2.05) is 6.92 Å². The molecule has 1 unspecified atom stereocenters. The Bertz CT molecular complexity index is 366. The minimum atomic E-state index is -1.38.